The van der Waals surface area contributed by atoms with E-state index in [0.29, 0.717) is 0 Å². The summed E-state index contributed by atoms with van der Waals surface area (Å²) in [4.78, 5) is 10.7. The molecule has 3 N–H and O–H groups in total. The highest BCUT2D eigenvalue weighted by molar-refractivity contribution is 5.74. The standard InChI is InChI=1S/C11H15NO2/c1-7-5-3-4-6-9(7)8(2)10(12)11(13)14/h3-6,8,10H,12H2,1-2H3,(H,13,14). The van der Waals surface area contributed by atoms with Crippen molar-refractivity contribution in [2.45, 2.75) is 25.8 Å². The van der Waals surface area contributed by atoms with Crippen LogP contribution in [0.25, 0.3) is 0 Å². The van der Waals surface area contributed by atoms with Gasteiger partial charge in [0.25, 0.3) is 0 Å². The summed E-state index contributed by atoms with van der Waals surface area (Å²) < 4.78 is 0. The van der Waals surface area contributed by atoms with Crippen LogP contribution in [-0.4, -0.2) is 17.1 Å². The second-order valence-electron chi connectivity index (χ2n) is 3.51. The van der Waals surface area contributed by atoms with Crippen LogP contribution in [0.5, 0.6) is 0 Å². The Morgan fingerprint density at radius 3 is 2.50 bits per heavy atom. The maximum Gasteiger partial charge on any atom is 0.321 e. The summed E-state index contributed by atoms with van der Waals surface area (Å²) in [6.45, 7) is 3.79. The van der Waals surface area contributed by atoms with Crippen molar-refractivity contribution < 1.29 is 9.90 Å². The lowest BCUT2D eigenvalue weighted by atomic mass is 9.91. The van der Waals surface area contributed by atoms with Crippen molar-refractivity contribution in [3.63, 3.8) is 0 Å². The van der Waals surface area contributed by atoms with Crippen LogP contribution in [0.3, 0.4) is 0 Å². The summed E-state index contributed by atoms with van der Waals surface area (Å²) in [5.41, 5.74) is 7.64. The SMILES string of the molecule is Cc1ccccc1C(C)C(N)C(=O)O. The first-order chi connectivity index (χ1) is 6.54. The van der Waals surface area contributed by atoms with Crippen LogP contribution in [0, 0.1) is 6.92 Å². The van der Waals surface area contributed by atoms with Crippen molar-refractivity contribution in [3.05, 3.63) is 35.4 Å². The highest BCUT2D eigenvalue weighted by atomic mass is 16.4. The Morgan fingerprint density at radius 2 is 2.00 bits per heavy atom. The Hall–Kier alpha value is -1.35. The molecule has 3 nitrogen and oxygen atoms in total. The van der Waals surface area contributed by atoms with Crippen molar-refractivity contribution in [1.82, 2.24) is 0 Å². The van der Waals surface area contributed by atoms with E-state index in [1.807, 2.05) is 38.1 Å². The zero-order chi connectivity index (χ0) is 10.7. The van der Waals surface area contributed by atoms with Gasteiger partial charge in [-0.1, -0.05) is 31.2 Å². The smallest absolute Gasteiger partial charge is 0.321 e. The van der Waals surface area contributed by atoms with Gasteiger partial charge in [-0.05, 0) is 18.1 Å². The lowest BCUT2D eigenvalue weighted by Crippen LogP contribution is -2.35. The number of hydrogen-bond acceptors (Lipinski definition) is 2. The Kier molecular flexibility index (Phi) is 3.25. The molecular formula is C11H15NO2. The van der Waals surface area contributed by atoms with Crippen LogP contribution >= 0.6 is 0 Å². The fourth-order valence-corrected chi connectivity index (χ4v) is 1.50. The molecule has 0 amide bonds. The van der Waals surface area contributed by atoms with Gasteiger partial charge in [0, 0.05) is 5.92 Å². The molecule has 0 bridgehead atoms. The first-order valence-electron chi connectivity index (χ1n) is 4.58. The largest absolute Gasteiger partial charge is 0.480 e. The van der Waals surface area contributed by atoms with E-state index in [0.717, 1.165) is 11.1 Å². The third-order valence-corrected chi connectivity index (χ3v) is 2.50. The number of aryl methyl sites for hydroxylation is 1. The number of carboxylic acid groups (broad SMARTS) is 1. The van der Waals surface area contributed by atoms with Crippen LogP contribution in [0.1, 0.15) is 24.0 Å². The van der Waals surface area contributed by atoms with Gasteiger partial charge in [0.15, 0.2) is 0 Å². The van der Waals surface area contributed by atoms with E-state index in [9.17, 15) is 4.79 Å². The van der Waals surface area contributed by atoms with Crippen molar-refractivity contribution in [1.29, 1.82) is 0 Å². The number of hydrogen-bond donors (Lipinski definition) is 2. The minimum atomic E-state index is -0.958. The number of benzene rings is 1. The van der Waals surface area contributed by atoms with Gasteiger partial charge in [-0.25, -0.2) is 0 Å². The molecule has 0 saturated heterocycles. The molecule has 1 aromatic carbocycles. The van der Waals surface area contributed by atoms with E-state index in [-0.39, 0.29) is 5.92 Å². The Morgan fingerprint density at radius 1 is 1.43 bits per heavy atom. The number of aliphatic carboxylic acids is 1. The quantitative estimate of drug-likeness (QED) is 0.764. The van der Waals surface area contributed by atoms with Crippen molar-refractivity contribution in [2.75, 3.05) is 0 Å². The second-order valence-corrected chi connectivity index (χ2v) is 3.51. The number of nitrogens with two attached hydrogens (primary N) is 1. The maximum atomic E-state index is 10.7. The van der Waals surface area contributed by atoms with E-state index < -0.39 is 12.0 Å². The van der Waals surface area contributed by atoms with Gasteiger partial charge in [-0.2, -0.15) is 0 Å². The molecule has 0 aromatic heterocycles. The van der Waals surface area contributed by atoms with E-state index in [1.54, 1.807) is 0 Å². The molecule has 2 unspecified atom stereocenters. The van der Waals surface area contributed by atoms with Gasteiger partial charge in [0.2, 0.25) is 0 Å². The average Bonchev–Trinajstić information content (AvgIpc) is 2.16. The van der Waals surface area contributed by atoms with Gasteiger partial charge in [0.05, 0.1) is 0 Å². The topological polar surface area (TPSA) is 63.3 Å². The zero-order valence-electron chi connectivity index (χ0n) is 8.40. The van der Waals surface area contributed by atoms with Crippen LogP contribution in [-0.2, 0) is 4.79 Å². The summed E-state index contributed by atoms with van der Waals surface area (Å²) in [5.74, 6) is -1.12. The molecule has 0 fully saturated rings. The molecule has 0 heterocycles. The second kappa shape index (κ2) is 4.24. The molecule has 0 aliphatic carbocycles. The predicted octanol–water partition coefficient (Wildman–Crippen LogP) is 1.51. The molecule has 0 saturated carbocycles. The van der Waals surface area contributed by atoms with E-state index in [2.05, 4.69) is 0 Å². The predicted molar refractivity (Wildman–Crippen MR) is 55.2 cm³/mol. The minimum absolute atomic E-state index is 0.159. The minimum Gasteiger partial charge on any atom is -0.480 e. The van der Waals surface area contributed by atoms with Gasteiger partial charge < -0.3 is 10.8 Å². The first-order valence-corrected chi connectivity index (χ1v) is 4.58. The van der Waals surface area contributed by atoms with E-state index in [4.69, 9.17) is 10.8 Å². The molecule has 1 aromatic rings. The van der Waals surface area contributed by atoms with Gasteiger partial charge in [-0.15, -0.1) is 0 Å². The number of carbonyl (C=O) groups is 1. The van der Waals surface area contributed by atoms with Crippen LogP contribution < -0.4 is 5.73 Å². The fraction of sp³-hybridized carbons (Fsp3) is 0.364. The summed E-state index contributed by atoms with van der Waals surface area (Å²) in [6, 6.07) is 6.87. The van der Waals surface area contributed by atoms with Crippen molar-refractivity contribution in [2.24, 2.45) is 5.73 Å². The van der Waals surface area contributed by atoms with Crippen LogP contribution in [0.2, 0.25) is 0 Å². The van der Waals surface area contributed by atoms with Crippen molar-refractivity contribution in [3.8, 4) is 0 Å². The first kappa shape index (κ1) is 10.7. The fourth-order valence-electron chi connectivity index (χ4n) is 1.50. The summed E-state index contributed by atoms with van der Waals surface area (Å²) >= 11 is 0. The highest BCUT2D eigenvalue weighted by Crippen LogP contribution is 2.21. The molecule has 0 spiro atoms. The summed E-state index contributed by atoms with van der Waals surface area (Å²) in [5, 5.41) is 8.78. The average molecular weight is 193 g/mol. The Balaban J connectivity index is 2.94. The third-order valence-electron chi connectivity index (χ3n) is 2.50. The van der Waals surface area contributed by atoms with Crippen LogP contribution in [0.4, 0.5) is 0 Å². The maximum absolute atomic E-state index is 10.7. The molecule has 2 atom stereocenters. The number of rotatable bonds is 3. The molecule has 1 rings (SSSR count). The summed E-state index contributed by atoms with van der Waals surface area (Å²) in [6.07, 6.45) is 0. The molecular weight excluding hydrogens is 178 g/mol. The summed E-state index contributed by atoms with van der Waals surface area (Å²) in [7, 11) is 0. The molecule has 14 heavy (non-hydrogen) atoms. The molecule has 76 valence electrons. The Bertz CT molecular complexity index is 336. The van der Waals surface area contributed by atoms with E-state index >= 15 is 0 Å². The number of carboxylic acids is 1. The monoisotopic (exact) mass is 193 g/mol. The van der Waals surface area contributed by atoms with E-state index in [1.165, 1.54) is 0 Å². The molecule has 0 aliphatic rings. The van der Waals surface area contributed by atoms with Gasteiger partial charge in [0.1, 0.15) is 6.04 Å². The molecule has 3 heteroatoms. The van der Waals surface area contributed by atoms with Gasteiger partial charge in [-0.3, -0.25) is 4.79 Å². The van der Waals surface area contributed by atoms with Crippen LogP contribution in [0.15, 0.2) is 24.3 Å². The third kappa shape index (κ3) is 2.12. The van der Waals surface area contributed by atoms with Gasteiger partial charge >= 0.3 is 5.97 Å². The molecule has 0 aliphatic heterocycles. The highest BCUT2D eigenvalue weighted by Gasteiger charge is 2.22. The lowest BCUT2D eigenvalue weighted by molar-refractivity contribution is -0.139. The lowest BCUT2D eigenvalue weighted by Gasteiger charge is -2.18. The molecule has 0 radical (unpaired) electrons. The Labute approximate surface area is 83.6 Å². The van der Waals surface area contributed by atoms with Crippen molar-refractivity contribution >= 4 is 5.97 Å². The zero-order valence-corrected chi connectivity index (χ0v) is 8.40. The normalized spacial score (nSPS) is 14.8.